The van der Waals surface area contributed by atoms with Crippen LogP contribution in [0.15, 0.2) is 18.2 Å². The number of anilines is 1. The predicted octanol–water partition coefficient (Wildman–Crippen LogP) is 1.79. The lowest BCUT2D eigenvalue weighted by Crippen LogP contribution is -2.50. The van der Waals surface area contributed by atoms with E-state index in [2.05, 4.69) is 23.8 Å². The van der Waals surface area contributed by atoms with Crippen LogP contribution in [0, 0.1) is 10.1 Å². The van der Waals surface area contributed by atoms with Crippen molar-refractivity contribution < 1.29 is 10.0 Å². The third kappa shape index (κ3) is 2.91. The zero-order valence-corrected chi connectivity index (χ0v) is 12.1. The molecule has 2 atom stereocenters. The molecule has 1 aromatic carbocycles. The molecule has 20 heavy (non-hydrogen) atoms. The van der Waals surface area contributed by atoms with Crippen LogP contribution in [0.2, 0.25) is 0 Å². The predicted molar refractivity (Wildman–Crippen MR) is 78.0 cm³/mol. The van der Waals surface area contributed by atoms with E-state index in [0.717, 1.165) is 19.6 Å². The molecular weight excluding hydrogens is 258 g/mol. The minimum absolute atomic E-state index is 0.0696. The first-order chi connectivity index (χ1) is 9.40. The topological polar surface area (TPSA) is 69.8 Å². The van der Waals surface area contributed by atoms with E-state index in [4.69, 9.17) is 0 Å². The lowest BCUT2D eigenvalue weighted by atomic mass is 10.1. The molecule has 6 heteroatoms. The Morgan fingerprint density at radius 3 is 2.70 bits per heavy atom. The molecule has 1 aliphatic heterocycles. The number of rotatable bonds is 3. The van der Waals surface area contributed by atoms with Crippen molar-refractivity contribution in [2.24, 2.45) is 0 Å². The van der Waals surface area contributed by atoms with E-state index in [1.807, 2.05) is 0 Å². The van der Waals surface area contributed by atoms with Crippen LogP contribution in [-0.2, 0) is 0 Å². The first kappa shape index (κ1) is 14.7. The smallest absolute Gasteiger partial charge is 0.292 e. The van der Waals surface area contributed by atoms with Gasteiger partial charge in [0, 0.05) is 31.7 Å². The molecule has 0 aromatic heterocycles. The van der Waals surface area contributed by atoms with E-state index in [0.29, 0.717) is 17.3 Å². The number of benzene rings is 1. The highest BCUT2D eigenvalue weighted by Crippen LogP contribution is 2.32. The Hall–Kier alpha value is -1.66. The quantitative estimate of drug-likeness (QED) is 0.674. The number of nitro groups is 1. The monoisotopic (exact) mass is 279 g/mol. The van der Waals surface area contributed by atoms with Crippen LogP contribution < -0.4 is 4.90 Å². The van der Waals surface area contributed by atoms with Gasteiger partial charge in [0.15, 0.2) is 0 Å². The molecule has 0 amide bonds. The molecule has 1 heterocycles. The fourth-order valence-electron chi connectivity index (χ4n) is 2.48. The number of piperazine rings is 1. The highest BCUT2D eigenvalue weighted by Gasteiger charge is 2.26. The summed E-state index contributed by atoms with van der Waals surface area (Å²) in [5.41, 5.74) is 1.28. The van der Waals surface area contributed by atoms with Crippen molar-refractivity contribution in [3.05, 3.63) is 33.9 Å². The molecule has 0 spiro atoms. The highest BCUT2D eigenvalue weighted by atomic mass is 16.6. The summed E-state index contributed by atoms with van der Waals surface area (Å²) in [6.07, 6.45) is -0.700. The van der Waals surface area contributed by atoms with E-state index in [1.165, 1.54) is 6.07 Å². The Balaban J connectivity index is 2.33. The molecule has 1 fully saturated rings. The second-order valence-corrected chi connectivity index (χ2v) is 5.46. The summed E-state index contributed by atoms with van der Waals surface area (Å²) in [6.45, 7) is 6.15. The number of likely N-dealkylation sites (N-methyl/N-ethyl adjacent to an activating group) is 1. The van der Waals surface area contributed by atoms with E-state index in [1.54, 1.807) is 19.1 Å². The van der Waals surface area contributed by atoms with E-state index >= 15 is 0 Å². The number of hydrogen-bond donors (Lipinski definition) is 1. The molecule has 0 aliphatic carbocycles. The van der Waals surface area contributed by atoms with Gasteiger partial charge in [0.05, 0.1) is 11.0 Å². The summed E-state index contributed by atoms with van der Waals surface area (Å²) in [7, 11) is 2.06. The van der Waals surface area contributed by atoms with E-state index in [-0.39, 0.29) is 10.6 Å². The van der Waals surface area contributed by atoms with Gasteiger partial charge in [0.2, 0.25) is 0 Å². The van der Waals surface area contributed by atoms with E-state index in [9.17, 15) is 15.2 Å². The Morgan fingerprint density at radius 1 is 1.45 bits per heavy atom. The number of nitrogens with zero attached hydrogens (tertiary/aromatic N) is 3. The molecule has 1 N–H and O–H groups in total. The van der Waals surface area contributed by atoms with Crippen LogP contribution in [0.5, 0.6) is 0 Å². The summed E-state index contributed by atoms with van der Waals surface area (Å²) in [5, 5.41) is 20.8. The van der Waals surface area contributed by atoms with Crippen LogP contribution in [-0.4, -0.2) is 47.7 Å². The zero-order valence-electron chi connectivity index (χ0n) is 12.1. The van der Waals surface area contributed by atoms with E-state index < -0.39 is 6.10 Å². The minimum atomic E-state index is -0.700. The molecule has 1 aliphatic rings. The molecule has 1 aromatic rings. The van der Waals surface area contributed by atoms with Crippen molar-refractivity contribution in [3.8, 4) is 0 Å². The Labute approximate surface area is 118 Å². The first-order valence-electron chi connectivity index (χ1n) is 6.81. The maximum atomic E-state index is 11.3. The van der Waals surface area contributed by atoms with Gasteiger partial charge in [-0.25, -0.2) is 0 Å². The lowest BCUT2D eigenvalue weighted by molar-refractivity contribution is -0.384. The van der Waals surface area contributed by atoms with Crippen LogP contribution >= 0.6 is 0 Å². The molecule has 0 saturated carbocycles. The van der Waals surface area contributed by atoms with Gasteiger partial charge in [0.25, 0.3) is 5.69 Å². The van der Waals surface area contributed by atoms with Crippen LogP contribution in [0.25, 0.3) is 0 Å². The highest BCUT2D eigenvalue weighted by molar-refractivity contribution is 5.65. The Morgan fingerprint density at radius 2 is 2.15 bits per heavy atom. The Kier molecular flexibility index (Phi) is 4.25. The van der Waals surface area contributed by atoms with Crippen molar-refractivity contribution in [2.45, 2.75) is 26.0 Å². The maximum absolute atomic E-state index is 11.3. The third-order valence-electron chi connectivity index (χ3n) is 3.98. The van der Waals surface area contributed by atoms with Crippen molar-refractivity contribution in [2.75, 3.05) is 31.6 Å². The van der Waals surface area contributed by atoms with Crippen molar-refractivity contribution in [1.29, 1.82) is 0 Å². The third-order valence-corrected chi connectivity index (χ3v) is 3.98. The summed E-state index contributed by atoms with van der Waals surface area (Å²) in [6, 6.07) is 5.34. The number of hydrogen-bond acceptors (Lipinski definition) is 5. The number of nitro benzene ring substituents is 1. The minimum Gasteiger partial charge on any atom is -0.389 e. The fraction of sp³-hybridized carbons (Fsp3) is 0.571. The SMILES string of the molecule is CC1CN(c2ccc([C@@H](C)O)cc2[N+](=O)[O-])CCN1C. The molecular formula is C14H21N3O3. The normalized spacial score (nSPS) is 21.8. The van der Waals surface area contributed by atoms with Gasteiger partial charge >= 0.3 is 0 Å². The van der Waals surface area contributed by atoms with Crippen molar-refractivity contribution >= 4 is 11.4 Å². The van der Waals surface area contributed by atoms with Gasteiger partial charge in [-0.2, -0.15) is 0 Å². The average Bonchev–Trinajstić information content (AvgIpc) is 2.41. The van der Waals surface area contributed by atoms with Gasteiger partial charge in [-0.1, -0.05) is 6.07 Å². The average molecular weight is 279 g/mol. The first-order valence-corrected chi connectivity index (χ1v) is 6.81. The summed E-state index contributed by atoms with van der Waals surface area (Å²) in [5.74, 6) is 0. The number of aliphatic hydroxyl groups excluding tert-OH is 1. The standard InChI is InChI=1S/C14H21N3O3/c1-10-9-16(7-6-15(10)3)13-5-4-12(11(2)18)8-14(13)17(19)20/h4-5,8,10-11,18H,6-7,9H2,1-3H3/t10?,11-/m1/s1. The van der Waals surface area contributed by atoms with Crippen LogP contribution in [0.1, 0.15) is 25.5 Å². The molecule has 0 radical (unpaired) electrons. The van der Waals surface area contributed by atoms with Gasteiger partial charge in [-0.15, -0.1) is 0 Å². The van der Waals surface area contributed by atoms with Crippen LogP contribution in [0.4, 0.5) is 11.4 Å². The van der Waals surface area contributed by atoms with Gasteiger partial charge in [0.1, 0.15) is 5.69 Å². The van der Waals surface area contributed by atoms with Crippen LogP contribution in [0.3, 0.4) is 0 Å². The molecule has 2 rings (SSSR count). The second kappa shape index (κ2) is 5.76. The van der Waals surface area contributed by atoms with Crippen molar-refractivity contribution in [3.63, 3.8) is 0 Å². The fourth-order valence-corrected chi connectivity index (χ4v) is 2.48. The Bertz CT molecular complexity index is 504. The van der Waals surface area contributed by atoms with Crippen molar-refractivity contribution in [1.82, 2.24) is 4.90 Å². The largest absolute Gasteiger partial charge is 0.389 e. The zero-order chi connectivity index (χ0) is 14.9. The summed E-state index contributed by atoms with van der Waals surface area (Å²) < 4.78 is 0. The summed E-state index contributed by atoms with van der Waals surface area (Å²) >= 11 is 0. The maximum Gasteiger partial charge on any atom is 0.292 e. The molecule has 110 valence electrons. The lowest BCUT2D eigenvalue weighted by Gasteiger charge is -2.38. The van der Waals surface area contributed by atoms with Gasteiger partial charge < -0.3 is 14.9 Å². The van der Waals surface area contributed by atoms with Gasteiger partial charge in [-0.3, -0.25) is 10.1 Å². The molecule has 1 unspecified atom stereocenters. The summed E-state index contributed by atoms with van der Waals surface area (Å²) in [4.78, 5) is 15.2. The number of aliphatic hydroxyl groups is 1. The molecule has 0 bridgehead atoms. The molecule has 6 nitrogen and oxygen atoms in total. The van der Waals surface area contributed by atoms with Gasteiger partial charge in [-0.05, 0) is 32.5 Å². The molecule has 1 saturated heterocycles. The second-order valence-electron chi connectivity index (χ2n) is 5.46.